The topological polar surface area (TPSA) is 46.9 Å². The van der Waals surface area contributed by atoms with E-state index in [0.29, 0.717) is 30.5 Å². The van der Waals surface area contributed by atoms with Crippen molar-refractivity contribution in [1.82, 2.24) is 15.1 Å². The summed E-state index contributed by atoms with van der Waals surface area (Å²) in [6.45, 7) is 9.45. The summed E-state index contributed by atoms with van der Waals surface area (Å²) in [6, 6.07) is 0.407. The van der Waals surface area contributed by atoms with E-state index in [2.05, 4.69) is 24.3 Å². The zero-order valence-corrected chi connectivity index (χ0v) is 12.3. The van der Waals surface area contributed by atoms with Crippen molar-refractivity contribution < 1.29 is 4.79 Å². The lowest BCUT2D eigenvalue weighted by Gasteiger charge is -2.08. The maximum absolute atomic E-state index is 11.9. The second-order valence-corrected chi connectivity index (χ2v) is 5.11. The highest BCUT2D eigenvalue weighted by Gasteiger charge is 2.15. The Morgan fingerprint density at radius 3 is 2.72 bits per heavy atom. The number of nitrogens with one attached hydrogen (secondary N) is 1. The van der Waals surface area contributed by atoms with Gasteiger partial charge in [-0.2, -0.15) is 5.10 Å². The monoisotopic (exact) mass is 271 g/mol. The number of nitrogens with zero attached hydrogens (tertiary/aromatic N) is 2. The van der Waals surface area contributed by atoms with Gasteiger partial charge in [0.15, 0.2) is 0 Å². The minimum atomic E-state index is 0.194. The van der Waals surface area contributed by atoms with Gasteiger partial charge in [-0.05, 0) is 13.8 Å². The molecule has 1 aromatic heterocycles. The molecule has 1 aromatic rings. The first-order valence-corrected chi connectivity index (χ1v) is 6.80. The first-order valence-electron chi connectivity index (χ1n) is 6.42. The molecule has 0 aliphatic heterocycles. The van der Waals surface area contributed by atoms with Crippen molar-refractivity contribution in [1.29, 1.82) is 0 Å². The van der Waals surface area contributed by atoms with Gasteiger partial charge in [0, 0.05) is 32.0 Å². The van der Waals surface area contributed by atoms with Crippen LogP contribution in [0.15, 0.2) is 0 Å². The molecule has 1 N–H and O–H groups in total. The molecule has 1 rings (SSSR count). The third-order valence-corrected chi connectivity index (χ3v) is 3.27. The zero-order valence-electron chi connectivity index (χ0n) is 11.6. The summed E-state index contributed by atoms with van der Waals surface area (Å²) < 4.78 is 1.81. The van der Waals surface area contributed by atoms with Gasteiger partial charge in [-0.25, -0.2) is 0 Å². The maximum atomic E-state index is 11.9. The molecule has 102 valence electrons. The number of ketones is 1. The number of Topliss-reactive ketones (excluding diaryl/α,β-unsaturated/α-hetero) is 1. The van der Waals surface area contributed by atoms with Crippen LogP contribution in [0.5, 0.6) is 0 Å². The van der Waals surface area contributed by atoms with Crippen molar-refractivity contribution in [3.63, 3.8) is 0 Å². The lowest BCUT2D eigenvalue weighted by molar-refractivity contribution is -0.118. The van der Waals surface area contributed by atoms with Gasteiger partial charge in [0.1, 0.15) is 5.78 Å². The van der Waals surface area contributed by atoms with Gasteiger partial charge in [0.2, 0.25) is 0 Å². The van der Waals surface area contributed by atoms with Crippen LogP contribution in [0.1, 0.15) is 38.6 Å². The first kappa shape index (κ1) is 15.2. The standard InChI is InChI=1S/C13H22ClN3O/c1-5-17-12(13(14)10(4)16-17)8-11(18)6-7-15-9(2)3/h9,15H,5-8H2,1-4H3. The molecule has 0 radical (unpaired) electrons. The lowest BCUT2D eigenvalue weighted by atomic mass is 10.1. The molecule has 5 heteroatoms. The fraction of sp³-hybridized carbons (Fsp3) is 0.692. The van der Waals surface area contributed by atoms with Crippen LogP contribution in [0.25, 0.3) is 0 Å². The molecular formula is C13H22ClN3O. The molecule has 4 nitrogen and oxygen atoms in total. The zero-order chi connectivity index (χ0) is 13.7. The molecule has 0 bridgehead atoms. The molecule has 0 saturated heterocycles. The van der Waals surface area contributed by atoms with E-state index in [-0.39, 0.29) is 5.78 Å². The molecule has 0 fully saturated rings. The van der Waals surface area contributed by atoms with E-state index < -0.39 is 0 Å². The summed E-state index contributed by atoms with van der Waals surface area (Å²) in [5.74, 6) is 0.194. The van der Waals surface area contributed by atoms with Crippen molar-refractivity contribution in [3.8, 4) is 0 Å². The number of halogens is 1. The first-order chi connectivity index (χ1) is 8.45. The number of hydrogen-bond donors (Lipinski definition) is 1. The molecule has 0 spiro atoms. The third kappa shape index (κ3) is 4.10. The Balaban J connectivity index is 2.59. The Hall–Kier alpha value is -0.870. The van der Waals surface area contributed by atoms with Crippen molar-refractivity contribution in [2.45, 2.75) is 53.1 Å². The second kappa shape index (κ2) is 6.90. The van der Waals surface area contributed by atoms with Gasteiger partial charge in [0.25, 0.3) is 0 Å². The van der Waals surface area contributed by atoms with Gasteiger partial charge in [-0.3, -0.25) is 9.48 Å². The molecule has 0 aromatic carbocycles. The summed E-state index contributed by atoms with van der Waals surface area (Å²) in [6.07, 6.45) is 0.899. The Bertz CT molecular complexity index is 413. The molecule has 0 aliphatic rings. The molecule has 0 unspecified atom stereocenters. The van der Waals surface area contributed by atoms with E-state index >= 15 is 0 Å². The summed E-state index contributed by atoms with van der Waals surface area (Å²) >= 11 is 6.17. The summed E-state index contributed by atoms with van der Waals surface area (Å²) in [7, 11) is 0. The smallest absolute Gasteiger partial charge is 0.140 e. The van der Waals surface area contributed by atoms with Gasteiger partial charge >= 0.3 is 0 Å². The van der Waals surface area contributed by atoms with Crippen LogP contribution < -0.4 is 5.32 Å². The van der Waals surface area contributed by atoms with Crippen molar-refractivity contribution in [2.75, 3.05) is 6.54 Å². The van der Waals surface area contributed by atoms with Gasteiger partial charge in [-0.15, -0.1) is 0 Å². The number of aromatic nitrogens is 2. The van der Waals surface area contributed by atoms with Crippen LogP contribution >= 0.6 is 11.6 Å². The summed E-state index contributed by atoms with van der Waals surface area (Å²) in [5.41, 5.74) is 1.63. The minimum Gasteiger partial charge on any atom is -0.314 e. The summed E-state index contributed by atoms with van der Waals surface area (Å²) in [5, 5.41) is 8.17. The van der Waals surface area contributed by atoms with Gasteiger partial charge in [0.05, 0.1) is 16.4 Å². The highest BCUT2D eigenvalue weighted by atomic mass is 35.5. The second-order valence-electron chi connectivity index (χ2n) is 4.74. The fourth-order valence-corrected chi connectivity index (χ4v) is 2.02. The maximum Gasteiger partial charge on any atom is 0.140 e. The average molecular weight is 272 g/mol. The largest absolute Gasteiger partial charge is 0.314 e. The van der Waals surface area contributed by atoms with Crippen molar-refractivity contribution in [3.05, 3.63) is 16.4 Å². The number of carbonyl (C=O) groups is 1. The normalized spacial score (nSPS) is 11.2. The van der Waals surface area contributed by atoms with Crippen LogP contribution in [0.3, 0.4) is 0 Å². The van der Waals surface area contributed by atoms with E-state index in [4.69, 9.17) is 11.6 Å². The SMILES string of the molecule is CCn1nc(C)c(Cl)c1CC(=O)CCNC(C)C. The van der Waals surface area contributed by atoms with E-state index in [1.807, 2.05) is 18.5 Å². The molecule has 0 saturated carbocycles. The molecule has 0 atom stereocenters. The lowest BCUT2D eigenvalue weighted by Crippen LogP contribution is -2.26. The number of rotatable bonds is 7. The Labute approximate surface area is 114 Å². The van der Waals surface area contributed by atoms with Crippen LogP contribution in [0.2, 0.25) is 5.02 Å². The van der Waals surface area contributed by atoms with Crippen LogP contribution in [0, 0.1) is 6.92 Å². The van der Waals surface area contributed by atoms with Crippen LogP contribution in [0.4, 0.5) is 0 Å². The number of aryl methyl sites for hydroxylation is 2. The van der Waals surface area contributed by atoms with Crippen molar-refractivity contribution in [2.24, 2.45) is 0 Å². The van der Waals surface area contributed by atoms with Gasteiger partial charge < -0.3 is 5.32 Å². The quantitative estimate of drug-likeness (QED) is 0.828. The van der Waals surface area contributed by atoms with Gasteiger partial charge in [-0.1, -0.05) is 25.4 Å². The molecule has 0 amide bonds. The van der Waals surface area contributed by atoms with E-state index in [1.165, 1.54) is 0 Å². The number of hydrogen-bond acceptors (Lipinski definition) is 3. The number of carbonyl (C=O) groups excluding carboxylic acids is 1. The van der Waals surface area contributed by atoms with Crippen LogP contribution in [-0.2, 0) is 17.8 Å². The highest BCUT2D eigenvalue weighted by Crippen LogP contribution is 2.21. The van der Waals surface area contributed by atoms with E-state index in [9.17, 15) is 4.79 Å². The fourth-order valence-electron chi connectivity index (χ4n) is 1.81. The highest BCUT2D eigenvalue weighted by molar-refractivity contribution is 6.32. The van der Waals surface area contributed by atoms with Crippen molar-refractivity contribution >= 4 is 17.4 Å². The summed E-state index contributed by atoms with van der Waals surface area (Å²) in [4.78, 5) is 11.9. The predicted octanol–water partition coefficient (Wildman–Crippen LogP) is 2.36. The van der Waals surface area contributed by atoms with Crippen LogP contribution in [-0.4, -0.2) is 28.2 Å². The van der Waals surface area contributed by atoms with E-state index in [0.717, 1.165) is 17.9 Å². The Kier molecular flexibility index (Phi) is 5.82. The third-order valence-electron chi connectivity index (χ3n) is 2.77. The average Bonchev–Trinajstić information content (AvgIpc) is 2.56. The van der Waals surface area contributed by atoms with E-state index in [1.54, 1.807) is 0 Å². The molecule has 1 heterocycles. The molecular weight excluding hydrogens is 250 g/mol. The molecule has 0 aliphatic carbocycles. The molecule has 18 heavy (non-hydrogen) atoms. The Morgan fingerprint density at radius 1 is 1.50 bits per heavy atom. The Morgan fingerprint density at radius 2 is 2.17 bits per heavy atom. The predicted molar refractivity (Wildman–Crippen MR) is 74.1 cm³/mol. The minimum absolute atomic E-state index is 0.194.